The molecule has 7 heteroatoms. The Hall–Kier alpha value is -1.44. The van der Waals surface area contributed by atoms with Gasteiger partial charge in [-0.1, -0.05) is 28.1 Å². The normalized spacial score (nSPS) is 11.9. The lowest BCUT2D eigenvalue weighted by Crippen LogP contribution is -2.33. The number of carbonyl (C=O) groups is 2. The zero-order valence-electron chi connectivity index (χ0n) is 12.4. The summed E-state index contributed by atoms with van der Waals surface area (Å²) in [6.45, 7) is 3.10. The van der Waals surface area contributed by atoms with Crippen LogP contribution in [0.4, 0.5) is 0 Å². The van der Waals surface area contributed by atoms with E-state index in [0.29, 0.717) is 19.8 Å². The number of hydrogen-bond donors (Lipinski definition) is 2. The van der Waals surface area contributed by atoms with Gasteiger partial charge in [0.2, 0.25) is 5.91 Å². The highest BCUT2D eigenvalue weighted by Gasteiger charge is 2.18. The van der Waals surface area contributed by atoms with E-state index in [4.69, 9.17) is 14.6 Å². The second kappa shape index (κ2) is 10.3. The number of benzene rings is 1. The largest absolute Gasteiger partial charge is 0.481 e. The van der Waals surface area contributed by atoms with E-state index < -0.39 is 12.0 Å². The highest BCUT2D eigenvalue weighted by molar-refractivity contribution is 9.10. The van der Waals surface area contributed by atoms with Crippen molar-refractivity contribution in [2.45, 2.75) is 19.4 Å². The molecule has 0 saturated carbocycles. The molecule has 122 valence electrons. The predicted molar refractivity (Wildman–Crippen MR) is 84.6 cm³/mol. The van der Waals surface area contributed by atoms with Crippen molar-refractivity contribution in [3.05, 3.63) is 34.3 Å². The fourth-order valence-corrected chi connectivity index (χ4v) is 2.05. The Balaban J connectivity index is 2.52. The molecular weight excluding hydrogens is 354 g/mol. The number of amides is 1. The van der Waals surface area contributed by atoms with Gasteiger partial charge in [0.25, 0.3) is 0 Å². The van der Waals surface area contributed by atoms with Crippen molar-refractivity contribution in [1.29, 1.82) is 0 Å². The van der Waals surface area contributed by atoms with E-state index in [0.717, 1.165) is 10.0 Å². The van der Waals surface area contributed by atoms with Crippen LogP contribution >= 0.6 is 15.9 Å². The van der Waals surface area contributed by atoms with Gasteiger partial charge in [-0.05, 0) is 24.6 Å². The summed E-state index contributed by atoms with van der Waals surface area (Å²) >= 11 is 3.32. The standard InChI is InChI=1S/C15H20BrNO5/c1-2-21-7-8-22-10-14(18)17-13(9-15(19)20)11-3-5-12(16)6-4-11/h3-6,13H,2,7-10H2,1H3,(H,17,18)(H,19,20). The SMILES string of the molecule is CCOCCOCC(=O)NC(CC(=O)O)c1ccc(Br)cc1. The van der Waals surface area contributed by atoms with Gasteiger partial charge in [-0.2, -0.15) is 0 Å². The van der Waals surface area contributed by atoms with Gasteiger partial charge < -0.3 is 19.9 Å². The van der Waals surface area contributed by atoms with E-state index in [-0.39, 0.29) is 18.9 Å². The molecule has 0 saturated heterocycles. The Labute approximate surface area is 137 Å². The molecule has 1 rings (SSSR count). The fraction of sp³-hybridized carbons (Fsp3) is 0.467. The maximum Gasteiger partial charge on any atom is 0.305 e. The van der Waals surface area contributed by atoms with Crippen molar-refractivity contribution in [3.63, 3.8) is 0 Å². The number of nitrogens with one attached hydrogen (secondary N) is 1. The third kappa shape index (κ3) is 7.53. The first-order chi connectivity index (χ1) is 10.5. The zero-order valence-corrected chi connectivity index (χ0v) is 14.0. The van der Waals surface area contributed by atoms with Crippen molar-refractivity contribution < 1.29 is 24.2 Å². The molecule has 1 aromatic carbocycles. The number of carboxylic acids is 1. The van der Waals surface area contributed by atoms with Crippen LogP contribution in [0.1, 0.15) is 24.9 Å². The summed E-state index contributed by atoms with van der Waals surface area (Å²) in [5, 5.41) is 11.7. The monoisotopic (exact) mass is 373 g/mol. The highest BCUT2D eigenvalue weighted by Crippen LogP contribution is 2.19. The molecule has 1 amide bonds. The smallest absolute Gasteiger partial charge is 0.305 e. The van der Waals surface area contributed by atoms with Gasteiger partial charge in [0.1, 0.15) is 6.61 Å². The van der Waals surface area contributed by atoms with Crippen molar-refractivity contribution in [2.75, 3.05) is 26.4 Å². The number of carbonyl (C=O) groups excluding carboxylic acids is 1. The summed E-state index contributed by atoms with van der Waals surface area (Å²) in [6, 6.07) is 6.56. The molecule has 0 heterocycles. The number of halogens is 1. The Morgan fingerprint density at radius 2 is 1.86 bits per heavy atom. The Kier molecular flexibility index (Phi) is 8.72. The first-order valence-corrected chi connectivity index (χ1v) is 7.74. The van der Waals surface area contributed by atoms with Crippen molar-refractivity contribution in [2.24, 2.45) is 0 Å². The van der Waals surface area contributed by atoms with Gasteiger partial charge in [-0.15, -0.1) is 0 Å². The van der Waals surface area contributed by atoms with Crippen LogP contribution in [0, 0.1) is 0 Å². The van der Waals surface area contributed by atoms with E-state index >= 15 is 0 Å². The molecular formula is C15H20BrNO5. The van der Waals surface area contributed by atoms with E-state index in [1.165, 1.54) is 0 Å². The van der Waals surface area contributed by atoms with Crippen LogP contribution in [-0.4, -0.2) is 43.4 Å². The molecule has 0 spiro atoms. The van der Waals surface area contributed by atoms with Gasteiger partial charge in [0.15, 0.2) is 0 Å². The van der Waals surface area contributed by atoms with Crippen LogP contribution in [0.2, 0.25) is 0 Å². The van der Waals surface area contributed by atoms with Crippen LogP contribution in [0.5, 0.6) is 0 Å². The van der Waals surface area contributed by atoms with Crippen LogP contribution in [0.25, 0.3) is 0 Å². The minimum Gasteiger partial charge on any atom is -0.481 e. The average Bonchev–Trinajstić information content (AvgIpc) is 2.46. The fourth-order valence-electron chi connectivity index (χ4n) is 1.78. The minimum atomic E-state index is -0.981. The molecule has 0 aliphatic carbocycles. The molecule has 0 aliphatic heterocycles. The molecule has 0 aliphatic rings. The molecule has 1 unspecified atom stereocenters. The first-order valence-electron chi connectivity index (χ1n) is 6.95. The summed E-state index contributed by atoms with van der Waals surface area (Å²) in [6.07, 6.45) is -0.188. The topological polar surface area (TPSA) is 84.9 Å². The summed E-state index contributed by atoms with van der Waals surface area (Å²) in [4.78, 5) is 22.8. The second-order valence-corrected chi connectivity index (χ2v) is 5.43. The Morgan fingerprint density at radius 1 is 1.23 bits per heavy atom. The lowest BCUT2D eigenvalue weighted by atomic mass is 10.0. The van der Waals surface area contributed by atoms with Crippen LogP contribution in [0.3, 0.4) is 0 Å². The van der Waals surface area contributed by atoms with Gasteiger partial charge >= 0.3 is 5.97 Å². The third-order valence-corrected chi connectivity index (χ3v) is 3.32. The molecule has 0 fully saturated rings. The van der Waals surface area contributed by atoms with Gasteiger partial charge in [0.05, 0.1) is 25.7 Å². The first kappa shape index (κ1) is 18.6. The van der Waals surface area contributed by atoms with E-state index in [2.05, 4.69) is 21.2 Å². The average molecular weight is 374 g/mol. The molecule has 0 aromatic heterocycles. The van der Waals surface area contributed by atoms with Crippen molar-refractivity contribution >= 4 is 27.8 Å². The zero-order chi connectivity index (χ0) is 16.4. The number of aliphatic carboxylic acids is 1. The quantitative estimate of drug-likeness (QED) is 0.613. The Bertz CT molecular complexity index is 477. The van der Waals surface area contributed by atoms with Gasteiger partial charge in [-0.3, -0.25) is 9.59 Å². The molecule has 6 nitrogen and oxygen atoms in total. The van der Waals surface area contributed by atoms with Crippen LogP contribution < -0.4 is 5.32 Å². The molecule has 22 heavy (non-hydrogen) atoms. The number of hydrogen-bond acceptors (Lipinski definition) is 4. The molecule has 0 radical (unpaired) electrons. The number of rotatable bonds is 10. The van der Waals surface area contributed by atoms with Crippen molar-refractivity contribution in [1.82, 2.24) is 5.32 Å². The lowest BCUT2D eigenvalue weighted by Gasteiger charge is -2.17. The van der Waals surface area contributed by atoms with Gasteiger partial charge in [0, 0.05) is 11.1 Å². The summed E-state index contributed by atoms with van der Waals surface area (Å²) in [5.41, 5.74) is 0.730. The van der Waals surface area contributed by atoms with Gasteiger partial charge in [-0.25, -0.2) is 0 Å². The summed E-state index contributed by atoms with van der Waals surface area (Å²) in [5.74, 6) is -1.34. The molecule has 1 aromatic rings. The third-order valence-electron chi connectivity index (χ3n) is 2.80. The summed E-state index contributed by atoms with van der Waals surface area (Å²) in [7, 11) is 0. The lowest BCUT2D eigenvalue weighted by molar-refractivity contribution is -0.138. The molecule has 2 N–H and O–H groups in total. The Morgan fingerprint density at radius 3 is 2.45 bits per heavy atom. The summed E-state index contributed by atoms with van der Waals surface area (Å²) < 4.78 is 11.1. The molecule has 0 bridgehead atoms. The van der Waals surface area contributed by atoms with Crippen molar-refractivity contribution in [3.8, 4) is 0 Å². The number of carboxylic acid groups (broad SMARTS) is 1. The minimum absolute atomic E-state index is 0.125. The predicted octanol–water partition coefficient (Wildman–Crippen LogP) is 2.13. The van der Waals surface area contributed by atoms with E-state index in [1.807, 2.05) is 6.92 Å². The van der Waals surface area contributed by atoms with E-state index in [1.54, 1.807) is 24.3 Å². The maximum atomic E-state index is 11.8. The number of ether oxygens (including phenoxy) is 2. The van der Waals surface area contributed by atoms with Crippen LogP contribution in [0.15, 0.2) is 28.7 Å². The second-order valence-electron chi connectivity index (χ2n) is 4.52. The van der Waals surface area contributed by atoms with E-state index in [9.17, 15) is 9.59 Å². The molecule has 1 atom stereocenters. The highest BCUT2D eigenvalue weighted by atomic mass is 79.9. The maximum absolute atomic E-state index is 11.8. The van der Waals surface area contributed by atoms with Crippen LogP contribution in [-0.2, 0) is 19.1 Å².